The monoisotopic (exact) mass is 365 g/mol. The van der Waals surface area contributed by atoms with Crippen LogP contribution < -0.4 is 10.2 Å². The van der Waals surface area contributed by atoms with Crippen LogP contribution in [0.3, 0.4) is 0 Å². The van der Waals surface area contributed by atoms with Gasteiger partial charge in [0, 0.05) is 50.5 Å². The van der Waals surface area contributed by atoms with Crippen molar-refractivity contribution in [1.29, 1.82) is 0 Å². The van der Waals surface area contributed by atoms with Crippen LogP contribution in [-0.4, -0.2) is 34.5 Å². The number of halogens is 1. The second-order valence-corrected chi connectivity index (χ2v) is 6.07. The van der Waals surface area contributed by atoms with E-state index in [0.717, 1.165) is 13.0 Å². The van der Waals surface area contributed by atoms with Crippen molar-refractivity contribution in [2.45, 2.75) is 13.0 Å². The van der Waals surface area contributed by atoms with Gasteiger partial charge in [-0.1, -0.05) is 18.2 Å². The first-order chi connectivity index (χ1) is 13.1. The maximum Gasteiger partial charge on any atom is 0.254 e. The number of carbonyl (C=O) groups is 1. The minimum absolute atomic E-state index is 0.110. The lowest BCUT2D eigenvalue weighted by atomic mass is 10.2. The van der Waals surface area contributed by atoms with Gasteiger partial charge in [-0.3, -0.25) is 9.78 Å². The molecule has 0 radical (unpaired) electrons. The summed E-state index contributed by atoms with van der Waals surface area (Å²) in [5, 5.41) is 2.67. The van der Waals surface area contributed by atoms with Crippen LogP contribution in [0.15, 0.2) is 61.2 Å². The highest BCUT2D eigenvalue weighted by molar-refractivity contribution is 5.93. The van der Waals surface area contributed by atoms with E-state index in [2.05, 4.69) is 20.3 Å². The number of nitrogens with one attached hydrogen (secondary N) is 1. The first kappa shape index (κ1) is 18.4. The van der Waals surface area contributed by atoms with Crippen LogP contribution >= 0.6 is 0 Å². The van der Waals surface area contributed by atoms with Gasteiger partial charge in [0.1, 0.15) is 5.82 Å². The van der Waals surface area contributed by atoms with Crippen LogP contribution in [0.25, 0.3) is 0 Å². The second kappa shape index (κ2) is 8.84. The molecule has 0 saturated carbocycles. The standard InChI is InChI=1S/C20H20FN5O/c1-26(11-8-15-6-9-22-10-7-15)20-24-13-17(14-25-20)19(27)23-12-16-4-2-3-5-18(16)21/h2-7,9-10,13-14H,8,11-12H2,1H3,(H,23,27). The minimum atomic E-state index is -0.347. The Morgan fingerprint density at radius 3 is 2.52 bits per heavy atom. The van der Waals surface area contributed by atoms with Crippen LogP contribution in [0.2, 0.25) is 0 Å². The lowest BCUT2D eigenvalue weighted by molar-refractivity contribution is 0.0950. The van der Waals surface area contributed by atoms with Crippen molar-refractivity contribution in [2.75, 3.05) is 18.5 Å². The molecular weight excluding hydrogens is 345 g/mol. The molecule has 0 saturated heterocycles. The number of carbonyl (C=O) groups excluding carboxylic acids is 1. The summed E-state index contributed by atoms with van der Waals surface area (Å²) >= 11 is 0. The molecule has 0 aliphatic rings. The average Bonchev–Trinajstić information content (AvgIpc) is 2.72. The van der Waals surface area contributed by atoms with Gasteiger partial charge in [-0.05, 0) is 30.2 Å². The summed E-state index contributed by atoms with van der Waals surface area (Å²) in [5.41, 5.74) is 1.94. The molecule has 2 heterocycles. The van der Waals surface area contributed by atoms with E-state index in [1.54, 1.807) is 30.6 Å². The molecule has 1 aromatic carbocycles. The van der Waals surface area contributed by atoms with Gasteiger partial charge >= 0.3 is 0 Å². The summed E-state index contributed by atoms with van der Waals surface area (Å²) in [6, 6.07) is 10.3. The molecule has 0 aliphatic carbocycles. The highest BCUT2D eigenvalue weighted by Crippen LogP contribution is 2.09. The summed E-state index contributed by atoms with van der Waals surface area (Å²) in [6.07, 6.45) is 7.32. The van der Waals surface area contributed by atoms with E-state index in [9.17, 15) is 9.18 Å². The fourth-order valence-corrected chi connectivity index (χ4v) is 2.50. The fourth-order valence-electron chi connectivity index (χ4n) is 2.50. The first-order valence-corrected chi connectivity index (χ1v) is 8.57. The summed E-state index contributed by atoms with van der Waals surface area (Å²) < 4.78 is 13.6. The third-order valence-electron chi connectivity index (χ3n) is 4.12. The third kappa shape index (κ3) is 5.07. The quantitative estimate of drug-likeness (QED) is 0.697. The Kier molecular flexibility index (Phi) is 6.04. The Hall–Kier alpha value is -3.35. The van der Waals surface area contributed by atoms with Crippen LogP contribution in [0, 0.1) is 5.82 Å². The Balaban J connectivity index is 1.54. The highest BCUT2D eigenvalue weighted by atomic mass is 19.1. The fraction of sp³-hybridized carbons (Fsp3) is 0.200. The average molecular weight is 365 g/mol. The zero-order valence-electron chi connectivity index (χ0n) is 15.0. The van der Waals surface area contributed by atoms with Crippen molar-refractivity contribution in [3.63, 3.8) is 0 Å². The molecular formula is C20H20FN5O. The minimum Gasteiger partial charge on any atom is -0.348 e. The number of likely N-dealkylation sites (N-methyl/N-ethyl adjacent to an activating group) is 1. The number of hydrogen-bond donors (Lipinski definition) is 1. The van der Waals surface area contributed by atoms with Gasteiger partial charge in [-0.25, -0.2) is 14.4 Å². The number of rotatable bonds is 7. The summed E-state index contributed by atoms with van der Waals surface area (Å²) in [5.74, 6) is -0.154. The van der Waals surface area contributed by atoms with E-state index in [0.29, 0.717) is 17.1 Å². The lowest BCUT2D eigenvalue weighted by Gasteiger charge is -2.16. The number of anilines is 1. The molecule has 0 unspecified atom stereocenters. The van der Waals surface area contributed by atoms with Crippen molar-refractivity contribution < 1.29 is 9.18 Å². The van der Waals surface area contributed by atoms with Gasteiger partial charge in [-0.2, -0.15) is 0 Å². The molecule has 1 N–H and O–H groups in total. The smallest absolute Gasteiger partial charge is 0.254 e. The molecule has 3 rings (SSSR count). The molecule has 138 valence electrons. The van der Waals surface area contributed by atoms with Crippen molar-refractivity contribution in [3.05, 3.63) is 83.7 Å². The van der Waals surface area contributed by atoms with Gasteiger partial charge in [0.2, 0.25) is 5.95 Å². The largest absolute Gasteiger partial charge is 0.348 e. The SMILES string of the molecule is CN(CCc1ccncc1)c1ncc(C(=O)NCc2ccccc2F)cn1. The highest BCUT2D eigenvalue weighted by Gasteiger charge is 2.10. The molecule has 3 aromatic rings. The number of hydrogen-bond acceptors (Lipinski definition) is 5. The van der Waals surface area contributed by atoms with Gasteiger partial charge in [0.15, 0.2) is 0 Å². The summed E-state index contributed by atoms with van der Waals surface area (Å²) in [4.78, 5) is 26.6. The molecule has 6 nitrogen and oxygen atoms in total. The molecule has 0 fully saturated rings. The van der Waals surface area contributed by atoms with Crippen molar-refractivity contribution >= 4 is 11.9 Å². The molecule has 0 aliphatic heterocycles. The molecule has 0 bridgehead atoms. The molecule has 1 amide bonds. The van der Waals surface area contributed by atoms with Crippen LogP contribution in [0.5, 0.6) is 0 Å². The van der Waals surface area contributed by atoms with Crippen LogP contribution in [-0.2, 0) is 13.0 Å². The molecule has 2 aromatic heterocycles. The topological polar surface area (TPSA) is 71.0 Å². The van der Waals surface area contributed by atoms with E-state index in [4.69, 9.17) is 0 Å². The van der Waals surface area contributed by atoms with E-state index >= 15 is 0 Å². The van der Waals surface area contributed by atoms with Gasteiger partial charge in [0.05, 0.1) is 5.56 Å². The maximum atomic E-state index is 13.6. The predicted octanol–water partition coefficient (Wildman–Crippen LogP) is 2.62. The summed E-state index contributed by atoms with van der Waals surface area (Å²) in [6.45, 7) is 0.849. The van der Waals surface area contributed by atoms with E-state index in [1.807, 2.05) is 24.1 Å². The molecule has 0 spiro atoms. The zero-order chi connectivity index (χ0) is 19.1. The van der Waals surface area contributed by atoms with E-state index in [1.165, 1.54) is 24.0 Å². The second-order valence-electron chi connectivity index (χ2n) is 6.07. The number of pyridine rings is 1. The maximum absolute atomic E-state index is 13.6. The number of amides is 1. The van der Waals surface area contributed by atoms with Crippen molar-refractivity contribution in [3.8, 4) is 0 Å². The first-order valence-electron chi connectivity index (χ1n) is 8.57. The lowest BCUT2D eigenvalue weighted by Crippen LogP contribution is -2.25. The Bertz CT molecular complexity index is 886. The van der Waals surface area contributed by atoms with Crippen LogP contribution in [0.4, 0.5) is 10.3 Å². The Morgan fingerprint density at radius 1 is 1.11 bits per heavy atom. The number of aromatic nitrogens is 3. The third-order valence-corrected chi connectivity index (χ3v) is 4.12. The Labute approximate surface area is 157 Å². The van der Waals surface area contributed by atoms with Gasteiger partial charge in [-0.15, -0.1) is 0 Å². The summed E-state index contributed by atoms with van der Waals surface area (Å²) in [7, 11) is 1.90. The van der Waals surface area contributed by atoms with Gasteiger partial charge < -0.3 is 10.2 Å². The van der Waals surface area contributed by atoms with E-state index in [-0.39, 0.29) is 18.3 Å². The van der Waals surface area contributed by atoms with E-state index < -0.39 is 0 Å². The molecule has 7 heteroatoms. The Morgan fingerprint density at radius 2 is 1.81 bits per heavy atom. The van der Waals surface area contributed by atoms with Crippen LogP contribution in [0.1, 0.15) is 21.5 Å². The predicted molar refractivity (Wildman–Crippen MR) is 101 cm³/mol. The number of nitrogens with zero attached hydrogens (tertiary/aromatic N) is 4. The molecule has 27 heavy (non-hydrogen) atoms. The number of benzene rings is 1. The van der Waals surface area contributed by atoms with Gasteiger partial charge in [0.25, 0.3) is 5.91 Å². The molecule has 0 atom stereocenters. The zero-order valence-corrected chi connectivity index (χ0v) is 15.0. The van der Waals surface area contributed by atoms with Crippen molar-refractivity contribution in [2.24, 2.45) is 0 Å². The normalized spacial score (nSPS) is 10.4. The van der Waals surface area contributed by atoms with Crippen molar-refractivity contribution in [1.82, 2.24) is 20.3 Å².